The third-order valence-corrected chi connectivity index (χ3v) is 4.70. The fraction of sp³-hybridized carbons (Fsp3) is 0.250. The number of hydrogen-bond donors (Lipinski definition) is 1. The number of methoxy groups -OCH3 is 1. The van der Waals surface area contributed by atoms with Crippen LogP contribution in [0.2, 0.25) is 5.02 Å². The second kappa shape index (κ2) is 9.03. The lowest BCUT2D eigenvalue weighted by molar-refractivity contribution is 0.284. The number of H-pyrrole nitrogens is 1. The number of rotatable bonds is 7. The molecule has 8 heteroatoms. The Balaban J connectivity index is 1.93. The van der Waals surface area contributed by atoms with Gasteiger partial charge >= 0.3 is 0 Å². The summed E-state index contributed by atoms with van der Waals surface area (Å²) >= 11 is 11.5. The maximum Gasteiger partial charge on any atom is 0.216 e. The van der Waals surface area contributed by atoms with Gasteiger partial charge in [-0.15, -0.1) is 0 Å². The largest absolute Gasteiger partial charge is 0.493 e. The zero-order valence-corrected chi connectivity index (χ0v) is 17.4. The lowest BCUT2D eigenvalue weighted by Gasteiger charge is -2.14. The van der Waals surface area contributed by atoms with Gasteiger partial charge in [-0.1, -0.05) is 49.7 Å². The first-order valence-electron chi connectivity index (χ1n) is 8.76. The zero-order chi connectivity index (χ0) is 20.1. The Kier molecular flexibility index (Phi) is 6.49. The number of aromatic amines is 1. The van der Waals surface area contributed by atoms with Crippen molar-refractivity contribution in [2.75, 3.05) is 7.11 Å². The summed E-state index contributed by atoms with van der Waals surface area (Å²) < 4.78 is 13.5. The highest BCUT2D eigenvalue weighted by molar-refractivity contribution is 7.71. The molecule has 0 aliphatic carbocycles. The van der Waals surface area contributed by atoms with Crippen molar-refractivity contribution in [3.8, 4) is 11.5 Å². The highest BCUT2D eigenvalue weighted by atomic mass is 35.5. The van der Waals surface area contributed by atoms with E-state index in [0.29, 0.717) is 27.9 Å². The summed E-state index contributed by atoms with van der Waals surface area (Å²) in [6.45, 7) is 4.37. The minimum absolute atomic E-state index is 0.173. The van der Waals surface area contributed by atoms with Gasteiger partial charge in [0, 0.05) is 22.1 Å². The van der Waals surface area contributed by atoms with Crippen LogP contribution in [-0.4, -0.2) is 28.2 Å². The van der Waals surface area contributed by atoms with E-state index in [1.807, 2.05) is 56.3 Å². The van der Waals surface area contributed by atoms with Crippen LogP contribution in [0.25, 0.3) is 0 Å². The Morgan fingerprint density at radius 2 is 2.04 bits per heavy atom. The van der Waals surface area contributed by atoms with Gasteiger partial charge in [0.05, 0.1) is 13.3 Å². The molecule has 0 spiro atoms. The lowest BCUT2D eigenvalue weighted by Crippen LogP contribution is -2.03. The summed E-state index contributed by atoms with van der Waals surface area (Å²) in [6, 6.07) is 13.2. The van der Waals surface area contributed by atoms with Crippen LogP contribution < -0.4 is 9.47 Å². The van der Waals surface area contributed by atoms with Crippen molar-refractivity contribution in [2.24, 2.45) is 5.10 Å². The highest BCUT2D eigenvalue weighted by Crippen LogP contribution is 2.31. The van der Waals surface area contributed by atoms with E-state index in [2.05, 4.69) is 15.3 Å². The Morgan fingerprint density at radius 1 is 1.25 bits per heavy atom. The lowest BCUT2D eigenvalue weighted by atomic mass is 10.2. The van der Waals surface area contributed by atoms with Crippen LogP contribution in [-0.2, 0) is 6.61 Å². The molecule has 1 aromatic heterocycles. The summed E-state index contributed by atoms with van der Waals surface area (Å²) in [4.78, 5) is 0. The van der Waals surface area contributed by atoms with E-state index in [1.165, 1.54) is 0 Å². The van der Waals surface area contributed by atoms with E-state index in [0.717, 1.165) is 17.0 Å². The first-order valence-corrected chi connectivity index (χ1v) is 9.54. The molecule has 1 N–H and O–H groups in total. The number of benzene rings is 2. The van der Waals surface area contributed by atoms with Crippen molar-refractivity contribution in [3.05, 3.63) is 69.2 Å². The average molecular weight is 417 g/mol. The molecule has 28 heavy (non-hydrogen) atoms. The smallest absolute Gasteiger partial charge is 0.216 e. The quantitative estimate of drug-likeness (QED) is 0.425. The van der Waals surface area contributed by atoms with Gasteiger partial charge in [-0.25, -0.2) is 0 Å². The van der Waals surface area contributed by atoms with Crippen molar-refractivity contribution in [1.29, 1.82) is 0 Å². The molecule has 2 aromatic carbocycles. The van der Waals surface area contributed by atoms with Crippen LogP contribution in [0.15, 0.2) is 47.6 Å². The Hall–Kier alpha value is -2.64. The summed E-state index contributed by atoms with van der Waals surface area (Å²) in [7, 11) is 1.60. The summed E-state index contributed by atoms with van der Waals surface area (Å²) in [5, 5.41) is 12.2. The molecular weight excluding hydrogens is 396 g/mol. The van der Waals surface area contributed by atoms with Gasteiger partial charge in [-0.2, -0.15) is 14.9 Å². The third-order valence-electron chi connectivity index (χ3n) is 4.06. The van der Waals surface area contributed by atoms with Crippen LogP contribution in [0.3, 0.4) is 0 Å². The topological polar surface area (TPSA) is 64.4 Å². The normalized spacial score (nSPS) is 11.3. The van der Waals surface area contributed by atoms with Crippen molar-refractivity contribution < 1.29 is 9.47 Å². The average Bonchev–Trinajstić information content (AvgIpc) is 3.06. The first kappa shape index (κ1) is 20.1. The molecule has 0 radical (unpaired) electrons. The number of ether oxygens (including phenoxy) is 2. The first-order chi connectivity index (χ1) is 13.5. The SMILES string of the molecule is COc1cccc(/C=N\n2c(C(C)C)n[nH]c2=S)c1OCc1ccccc1Cl. The standard InChI is InChI=1S/C20H21ClN4O2S/c1-13(2)19-23-24-20(28)25(19)22-11-14-8-6-10-17(26-3)18(14)27-12-15-7-4-5-9-16(15)21/h4-11,13H,12H2,1-3H3,(H,24,28)/b22-11-. The molecule has 3 rings (SSSR count). The summed E-state index contributed by atoms with van der Waals surface area (Å²) in [5.74, 6) is 2.11. The van der Waals surface area contributed by atoms with Gasteiger partial charge in [0.15, 0.2) is 17.3 Å². The molecule has 0 atom stereocenters. The Morgan fingerprint density at radius 3 is 2.75 bits per heavy atom. The molecule has 0 amide bonds. The van der Waals surface area contributed by atoms with Crippen molar-refractivity contribution in [2.45, 2.75) is 26.4 Å². The van der Waals surface area contributed by atoms with E-state index in [-0.39, 0.29) is 5.92 Å². The summed E-state index contributed by atoms with van der Waals surface area (Å²) in [6.07, 6.45) is 1.68. The molecule has 0 aliphatic rings. The number of nitrogens with one attached hydrogen (secondary N) is 1. The minimum Gasteiger partial charge on any atom is -0.493 e. The van der Waals surface area contributed by atoms with E-state index in [4.69, 9.17) is 33.3 Å². The molecular formula is C20H21ClN4O2S. The molecule has 1 heterocycles. The second-order valence-electron chi connectivity index (χ2n) is 6.36. The second-order valence-corrected chi connectivity index (χ2v) is 7.15. The van der Waals surface area contributed by atoms with Crippen LogP contribution >= 0.6 is 23.8 Å². The molecule has 0 saturated carbocycles. The van der Waals surface area contributed by atoms with Crippen molar-refractivity contribution in [1.82, 2.24) is 14.9 Å². The molecule has 0 unspecified atom stereocenters. The van der Waals surface area contributed by atoms with Crippen LogP contribution in [0.5, 0.6) is 11.5 Å². The Bertz CT molecular complexity index is 1040. The maximum absolute atomic E-state index is 6.23. The third kappa shape index (κ3) is 4.43. The number of nitrogens with zero attached hydrogens (tertiary/aromatic N) is 3. The van der Waals surface area contributed by atoms with Crippen LogP contribution in [0.1, 0.15) is 36.7 Å². The van der Waals surface area contributed by atoms with E-state index >= 15 is 0 Å². The number of aromatic nitrogens is 3. The van der Waals surface area contributed by atoms with Gasteiger partial charge in [0.25, 0.3) is 0 Å². The zero-order valence-electron chi connectivity index (χ0n) is 15.8. The minimum atomic E-state index is 0.173. The number of halogens is 1. The highest BCUT2D eigenvalue weighted by Gasteiger charge is 2.12. The van der Waals surface area contributed by atoms with Crippen molar-refractivity contribution >= 4 is 30.0 Å². The van der Waals surface area contributed by atoms with Gasteiger partial charge in [0.2, 0.25) is 4.77 Å². The van der Waals surface area contributed by atoms with Crippen LogP contribution in [0.4, 0.5) is 0 Å². The molecule has 3 aromatic rings. The molecule has 6 nitrogen and oxygen atoms in total. The Labute approximate surface area is 173 Å². The van der Waals surface area contributed by atoms with Gasteiger partial charge in [0.1, 0.15) is 6.61 Å². The molecule has 0 aliphatic heterocycles. The van der Waals surface area contributed by atoms with Gasteiger partial charge < -0.3 is 9.47 Å². The fourth-order valence-corrected chi connectivity index (χ4v) is 3.00. The monoisotopic (exact) mass is 416 g/mol. The van der Waals surface area contributed by atoms with E-state index in [1.54, 1.807) is 18.0 Å². The van der Waals surface area contributed by atoms with E-state index in [9.17, 15) is 0 Å². The van der Waals surface area contributed by atoms with E-state index < -0.39 is 0 Å². The number of para-hydroxylation sites is 1. The summed E-state index contributed by atoms with van der Waals surface area (Å²) in [5.41, 5.74) is 1.64. The van der Waals surface area contributed by atoms with Crippen LogP contribution in [0, 0.1) is 4.77 Å². The maximum atomic E-state index is 6.23. The molecule has 0 saturated heterocycles. The van der Waals surface area contributed by atoms with Gasteiger partial charge in [-0.3, -0.25) is 5.10 Å². The van der Waals surface area contributed by atoms with Gasteiger partial charge in [-0.05, 0) is 30.4 Å². The predicted octanol–water partition coefficient (Wildman–Crippen LogP) is 5.19. The fourth-order valence-electron chi connectivity index (χ4n) is 2.62. The predicted molar refractivity (Wildman–Crippen MR) is 113 cm³/mol. The number of hydrogen-bond acceptors (Lipinski definition) is 5. The molecule has 0 fully saturated rings. The van der Waals surface area contributed by atoms with Crippen molar-refractivity contribution in [3.63, 3.8) is 0 Å². The molecule has 0 bridgehead atoms. The molecule has 146 valence electrons.